The molecule has 0 amide bonds. The topological polar surface area (TPSA) is 20.2 Å². The van der Waals surface area contributed by atoms with E-state index in [2.05, 4.69) is 37.8 Å². The van der Waals surface area contributed by atoms with Gasteiger partial charge in [-0.1, -0.05) is 86.9 Å². The molecule has 1 saturated carbocycles. The van der Waals surface area contributed by atoms with Gasteiger partial charge >= 0.3 is 0 Å². The number of fused-ring (bicyclic) bond motifs is 1. The van der Waals surface area contributed by atoms with E-state index in [4.69, 9.17) is 0 Å². The number of halogens is 1. The largest absolute Gasteiger partial charge is 0.393 e. The first-order valence-corrected chi connectivity index (χ1v) is 11.5. The number of aliphatic hydroxyl groups is 1. The molecule has 0 bridgehead atoms. The van der Waals surface area contributed by atoms with Crippen LogP contribution in [-0.4, -0.2) is 11.2 Å². The Balaban J connectivity index is 1.82. The molecule has 2 aromatic rings. The van der Waals surface area contributed by atoms with Crippen molar-refractivity contribution in [1.82, 2.24) is 0 Å². The van der Waals surface area contributed by atoms with Crippen LogP contribution in [0.1, 0.15) is 69.4 Å². The van der Waals surface area contributed by atoms with Crippen molar-refractivity contribution in [3.05, 3.63) is 83.7 Å². The lowest BCUT2D eigenvalue weighted by atomic mass is 9.66. The highest BCUT2D eigenvalue weighted by Crippen LogP contribution is 2.66. The van der Waals surface area contributed by atoms with Crippen LogP contribution < -0.4 is 0 Å². The summed E-state index contributed by atoms with van der Waals surface area (Å²) in [6.45, 7) is 6.70. The van der Waals surface area contributed by atoms with Crippen molar-refractivity contribution in [1.29, 1.82) is 0 Å². The molecule has 1 N–H and O–H groups in total. The molecule has 0 saturated heterocycles. The molecule has 1 nitrogen and oxygen atoms in total. The van der Waals surface area contributed by atoms with Gasteiger partial charge in [-0.05, 0) is 54.9 Å². The highest BCUT2D eigenvalue weighted by molar-refractivity contribution is 5.90. The number of rotatable bonds is 8. The molecular weight excluding hydrogens is 371 g/mol. The molecule has 2 aromatic carbocycles. The Bertz CT molecular complexity index is 929. The summed E-state index contributed by atoms with van der Waals surface area (Å²) in [7, 11) is 0. The third-order valence-electron chi connectivity index (χ3n) is 7.33. The third-order valence-corrected chi connectivity index (χ3v) is 7.33. The molecule has 3 atom stereocenters. The zero-order valence-corrected chi connectivity index (χ0v) is 18.0. The van der Waals surface area contributed by atoms with Gasteiger partial charge in [-0.2, -0.15) is 0 Å². The van der Waals surface area contributed by atoms with Gasteiger partial charge in [0.05, 0.1) is 6.10 Å². The number of unbranched alkanes of at least 4 members (excludes halogenated alkanes) is 3. The predicted octanol–water partition coefficient (Wildman–Crippen LogP) is 7.42. The van der Waals surface area contributed by atoms with Gasteiger partial charge < -0.3 is 5.11 Å². The second-order valence-corrected chi connectivity index (χ2v) is 9.00. The summed E-state index contributed by atoms with van der Waals surface area (Å²) in [5.41, 5.74) is 5.01. The van der Waals surface area contributed by atoms with Crippen LogP contribution in [0.3, 0.4) is 0 Å². The molecule has 0 aliphatic heterocycles. The number of hydrogen-bond acceptors (Lipinski definition) is 1. The minimum Gasteiger partial charge on any atom is -0.393 e. The van der Waals surface area contributed by atoms with Crippen molar-refractivity contribution in [3.8, 4) is 0 Å². The molecule has 4 rings (SSSR count). The maximum Gasteiger partial charge on any atom is 0.130 e. The van der Waals surface area contributed by atoms with Crippen LogP contribution >= 0.6 is 0 Å². The summed E-state index contributed by atoms with van der Waals surface area (Å²) < 4.78 is 14.8. The van der Waals surface area contributed by atoms with Crippen molar-refractivity contribution in [2.75, 3.05) is 0 Å². The minimum absolute atomic E-state index is 0.0842. The molecular formula is C28H33FO. The first-order chi connectivity index (χ1) is 14.6. The average Bonchev–Trinajstić information content (AvgIpc) is 3.27. The van der Waals surface area contributed by atoms with E-state index in [0.29, 0.717) is 5.56 Å². The smallest absolute Gasteiger partial charge is 0.130 e. The summed E-state index contributed by atoms with van der Waals surface area (Å²) in [6.07, 6.45) is 8.05. The Kier molecular flexibility index (Phi) is 6.24. The van der Waals surface area contributed by atoms with Crippen LogP contribution in [0.15, 0.2) is 66.7 Å². The first-order valence-electron chi connectivity index (χ1n) is 11.5. The monoisotopic (exact) mass is 404 g/mol. The second-order valence-electron chi connectivity index (χ2n) is 9.00. The van der Waals surface area contributed by atoms with Crippen molar-refractivity contribution in [2.24, 2.45) is 11.3 Å². The van der Waals surface area contributed by atoms with Crippen molar-refractivity contribution >= 4 is 11.1 Å². The Morgan fingerprint density at radius 3 is 2.53 bits per heavy atom. The molecule has 0 heterocycles. The summed E-state index contributed by atoms with van der Waals surface area (Å²) in [5, 5.41) is 11.0. The highest BCUT2D eigenvalue weighted by atomic mass is 19.1. The van der Waals surface area contributed by atoms with Crippen LogP contribution in [-0.2, 0) is 0 Å². The average molecular weight is 405 g/mol. The number of aliphatic hydroxyl groups excluding tert-OH is 1. The van der Waals surface area contributed by atoms with Gasteiger partial charge in [0.25, 0.3) is 0 Å². The van der Waals surface area contributed by atoms with Gasteiger partial charge in [0, 0.05) is 16.9 Å². The van der Waals surface area contributed by atoms with E-state index >= 15 is 0 Å². The van der Waals surface area contributed by atoms with Gasteiger partial charge in [-0.3, -0.25) is 0 Å². The van der Waals surface area contributed by atoms with Crippen molar-refractivity contribution < 1.29 is 9.50 Å². The Hall–Kier alpha value is -2.19. The van der Waals surface area contributed by atoms with E-state index in [1.165, 1.54) is 48.5 Å². The fourth-order valence-electron chi connectivity index (χ4n) is 5.92. The Morgan fingerprint density at radius 1 is 1.07 bits per heavy atom. The summed E-state index contributed by atoms with van der Waals surface area (Å²) in [4.78, 5) is 0. The molecule has 2 heteroatoms. The Labute approximate surface area is 180 Å². The summed E-state index contributed by atoms with van der Waals surface area (Å²) in [6, 6.07) is 17.5. The number of benzene rings is 2. The van der Waals surface area contributed by atoms with E-state index in [1.54, 1.807) is 6.07 Å². The van der Waals surface area contributed by atoms with Crippen LogP contribution in [0.25, 0.3) is 11.1 Å². The zero-order valence-electron chi connectivity index (χ0n) is 18.0. The number of hydrogen-bond donors (Lipinski definition) is 1. The lowest BCUT2D eigenvalue weighted by Crippen LogP contribution is -2.29. The summed E-state index contributed by atoms with van der Waals surface area (Å²) >= 11 is 0. The SMILES string of the molecule is C=C(c1ccccc1F)[C@@]12CC[C@@H](O)[C@@H]1CC(CCCCCC)=C2c1ccccc1. The van der Waals surface area contributed by atoms with Crippen molar-refractivity contribution in [3.63, 3.8) is 0 Å². The summed E-state index contributed by atoms with van der Waals surface area (Å²) in [5.74, 6) is -0.137. The van der Waals surface area contributed by atoms with Gasteiger partial charge in [0.1, 0.15) is 5.82 Å². The maximum absolute atomic E-state index is 14.8. The highest BCUT2D eigenvalue weighted by Gasteiger charge is 2.56. The standard InChI is InChI=1S/C28H33FO/c1-3-4-5-7-14-22-19-24-26(30)17-18-28(24,27(22)21-12-8-6-9-13-21)20(2)23-15-10-11-16-25(23)29/h6,8-13,15-16,24,26,30H,2-5,7,14,17-19H2,1H3/t24-,26+,28-/m0/s1. The number of allylic oxidation sites excluding steroid dienone is 3. The van der Waals surface area contributed by atoms with Gasteiger partial charge in [0.15, 0.2) is 0 Å². The van der Waals surface area contributed by atoms with E-state index in [-0.39, 0.29) is 23.3 Å². The second kappa shape index (κ2) is 8.89. The van der Waals surface area contributed by atoms with Gasteiger partial charge in [-0.25, -0.2) is 4.39 Å². The van der Waals surface area contributed by atoms with Crippen LogP contribution in [0.2, 0.25) is 0 Å². The molecule has 0 radical (unpaired) electrons. The maximum atomic E-state index is 14.8. The minimum atomic E-state index is -0.386. The van der Waals surface area contributed by atoms with Gasteiger partial charge in [-0.15, -0.1) is 0 Å². The lowest BCUT2D eigenvalue weighted by molar-refractivity contribution is 0.119. The van der Waals surface area contributed by atoms with E-state index in [0.717, 1.165) is 31.3 Å². The molecule has 158 valence electrons. The molecule has 0 aromatic heterocycles. The molecule has 2 aliphatic rings. The molecule has 30 heavy (non-hydrogen) atoms. The quantitative estimate of drug-likeness (QED) is 0.454. The van der Waals surface area contributed by atoms with Gasteiger partial charge in [0.2, 0.25) is 0 Å². The van der Waals surface area contributed by atoms with Crippen molar-refractivity contribution in [2.45, 2.75) is 64.4 Å². The Morgan fingerprint density at radius 2 is 1.80 bits per heavy atom. The van der Waals surface area contributed by atoms with E-state index < -0.39 is 0 Å². The van der Waals surface area contributed by atoms with E-state index in [9.17, 15) is 9.50 Å². The van der Waals surface area contributed by atoms with E-state index in [1.807, 2.05) is 18.2 Å². The van der Waals surface area contributed by atoms with Crippen LogP contribution in [0.5, 0.6) is 0 Å². The zero-order chi connectivity index (χ0) is 21.1. The fraction of sp³-hybridized carbons (Fsp3) is 0.429. The molecule has 0 spiro atoms. The predicted molar refractivity (Wildman–Crippen MR) is 123 cm³/mol. The third kappa shape index (κ3) is 3.56. The molecule has 1 fully saturated rings. The molecule has 0 unspecified atom stereocenters. The van der Waals surface area contributed by atoms with Crippen LogP contribution in [0.4, 0.5) is 4.39 Å². The first kappa shape index (κ1) is 21.1. The normalized spacial score (nSPS) is 25.6. The molecule has 2 aliphatic carbocycles. The fourth-order valence-corrected chi connectivity index (χ4v) is 5.92. The van der Waals surface area contributed by atoms with Crippen LogP contribution in [0, 0.1) is 17.2 Å². The lowest BCUT2D eigenvalue weighted by Gasteiger charge is -2.37.